The molecule has 1 fully saturated rings. The van der Waals surface area contributed by atoms with Crippen LogP contribution < -0.4 is 5.32 Å². The molecule has 1 aliphatic rings. The van der Waals surface area contributed by atoms with Crippen molar-refractivity contribution in [1.29, 1.82) is 0 Å². The molecule has 134 valence electrons. The Morgan fingerprint density at radius 3 is 2.52 bits per heavy atom. The fraction of sp³-hybridized carbons (Fsp3) is 0. The van der Waals surface area contributed by atoms with Gasteiger partial charge in [-0.2, -0.15) is 0 Å². The van der Waals surface area contributed by atoms with Crippen molar-refractivity contribution in [2.75, 3.05) is 0 Å². The van der Waals surface area contributed by atoms with E-state index in [1.54, 1.807) is 18.2 Å². The normalized spacial score (nSPS) is 16.9. The number of amidine groups is 1. The summed E-state index contributed by atoms with van der Waals surface area (Å²) in [7, 11) is 0. The Morgan fingerprint density at radius 1 is 1.04 bits per heavy atom. The molecule has 4 nitrogen and oxygen atoms in total. The van der Waals surface area contributed by atoms with Crippen LogP contribution in [0.15, 0.2) is 79.5 Å². The monoisotopic (exact) mass is 442 g/mol. The predicted octanol–water partition coefficient (Wildman–Crippen LogP) is 5.74. The van der Waals surface area contributed by atoms with E-state index in [1.807, 2.05) is 36.4 Å². The van der Waals surface area contributed by atoms with Crippen molar-refractivity contribution in [1.82, 2.24) is 5.32 Å². The van der Waals surface area contributed by atoms with Crippen LogP contribution in [0, 0.1) is 5.82 Å². The van der Waals surface area contributed by atoms with Crippen molar-refractivity contribution in [3.63, 3.8) is 0 Å². The van der Waals surface area contributed by atoms with E-state index < -0.39 is 0 Å². The van der Waals surface area contributed by atoms with Crippen LogP contribution in [0.1, 0.15) is 5.76 Å². The molecule has 0 bridgehead atoms. The van der Waals surface area contributed by atoms with E-state index in [4.69, 9.17) is 4.42 Å². The maximum atomic E-state index is 13.0. The van der Waals surface area contributed by atoms with Gasteiger partial charge in [0.05, 0.1) is 10.6 Å². The molecule has 2 heterocycles. The Hall–Kier alpha value is -2.64. The van der Waals surface area contributed by atoms with Crippen LogP contribution in [-0.2, 0) is 4.79 Å². The summed E-state index contributed by atoms with van der Waals surface area (Å²) in [5, 5.41) is 3.14. The SMILES string of the molecule is O=C1NC(=Nc2ccc(F)cc2)SC1=Cc1ccc(-c2ccc(Br)cc2)o1. The van der Waals surface area contributed by atoms with E-state index in [-0.39, 0.29) is 11.7 Å². The second-order valence-electron chi connectivity index (χ2n) is 5.67. The molecule has 0 unspecified atom stereocenters. The molecular weight excluding hydrogens is 431 g/mol. The average Bonchev–Trinajstić information content (AvgIpc) is 3.25. The number of nitrogens with zero attached hydrogens (tertiary/aromatic N) is 1. The quantitative estimate of drug-likeness (QED) is 0.526. The zero-order valence-electron chi connectivity index (χ0n) is 13.8. The summed E-state index contributed by atoms with van der Waals surface area (Å²) in [6.45, 7) is 0. The summed E-state index contributed by atoms with van der Waals surface area (Å²) in [5.74, 6) is 0.719. The second-order valence-corrected chi connectivity index (χ2v) is 7.61. The Morgan fingerprint density at radius 2 is 1.78 bits per heavy atom. The average molecular weight is 443 g/mol. The van der Waals surface area contributed by atoms with Gasteiger partial charge in [0, 0.05) is 16.1 Å². The Balaban J connectivity index is 1.53. The third-order valence-corrected chi connectivity index (χ3v) is 5.18. The molecule has 0 saturated carbocycles. The van der Waals surface area contributed by atoms with E-state index in [1.165, 1.54) is 23.9 Å². The summed E-state index contributed by atoms with van der Waals surface area (Å²) in [4.78, 5) is 16.9. The third kappa shape index (κ3) is 4.20. The Bertz CT molecular complexity index is 1060. The maximum Gasteiger partial charge on any atom is 0.264 e. The second kappa shape index (κ2) is 7.54. The Labute approximate surface area is 167 Å². The number of thioether (sulfide) groups is 1. The van der Waals surface area contributed by atoms with Gasteiger partial charge in [-0.1, -0.05) is 28.1 Å². The van der Waals surface area contributed by atoms with Gasteiger partial charge in [-0.15, -0.1) is 0 Å². The summed E-state index contributed by atoms with van der Waals surface area (Å²) in [5.41, 5.74) is 1.51. The number of carbonyl (C=O) groups excluding carboxylic acids is 1. The number of rotatable bonds is 3. The fourth-order valence-electron chi connectivity index (χ4n) is 2.44. The largest absolute Gasteiger partial charge is 0.457 e. The van der Waals surface area contributed by atoms with Gasteiger partial charge in [0.1, 0.15) is 17.3 Å². The Kier molecular flexibility index (Phi) is 4.96. The van der Waals surface area contributed by atoms with Crippen LogP contribution in [0.25, 0.3) is 17.4 Å². The van der Waals surface area contributed by atoms with Gasteiger partial charge in [0.25, 0.3) is 5.91 Å². The zero-order chi connectivity index (χ0) is 18.8. The van der Waals surface area contributed by atoms with Gasteiger partial charge in [-0.25, -0.2) is 9.38 Å². The van der Waals surface area contributed by atoms with Gasteiger partial charge >= 0.3 is 0 Å². The van der Waals surface area contributed by atoms with Gasteiger partial charge in [0.2, 0.25) is 0 Å². The topological polar surface area (TPSA) is 54.6 Å². The summed E-state index contributed by atoms with van der Waals surface area (Å²) >= 11 is 4.61. The lowest BCUT2D eigenvalue weighted by molar-refractivity contribution is -0.115. The van der Waals surface area contributed by atoms with Crippen LogP contribution >= 0.6 is 27.7 Å². The first-order chi connectivity index (χ1) is 13.1. The lowest BCUT2D eigenvalue weighted by Gasteiger charge is -1.97. The lowest BCUT2D eigenvalue weighted by atomic mass is 10.2. The first-order valence-electron chi connectivity index (χ1n) is 7.98. The summed E-state index contributed by atoms with van der Waals surface area (Å²) in [6, 6.07) is 17.2. The van der Waals surface area contributed by atoms with E-state index in [0.29, 0.717) is 21.5 Å². The van der Waals surface area contributed by atoms with Crippen LogP contribution in [0.5, 0.6) is 0 Å². The predicted molar refractivity (Wildman–Crippen MR) is 109 cm³/mol. The van der Waals surface area contributed by atoms with Crippen LogP contribution in [0.3, 0.4) is 0 Å². The third-order valence-electron chi connectivity index (χ3n) is 3.74. The molecule has 7 heteroatoms. The van der Waals surface area contributed by atoms with Crippen LogP contribution in [0.2, 0.25) is 0 Å². The highest BCUT2D eigenvalue weighted by atomic mass is 79.9. The number of furan rings is 1. The smallest absolute Gasteiger partial charge is 0.264 e. The molecule has 1 amide bonds. The van der Waals surface area contributed by atoms with E-state index in [2.05, 4.69) is 26.2 Å². The number of amides is 1. The highest BCUT2D eigenvalue weighted by molar-refractivity contribution is 9.10. The van der Waals surface area contributed by atoms with Gasteiger partial charge in [0.15, 0.2) is 5.17 Å². The summed E-state index contributed by atoms with van der Waals surface area (Å²) < 4.78 is 19.8. The fourth-order valence-corrected chi connectivity index (χ4v) is 3.53. The van der Waals surface area contributed by atoms with Gasteiger partial charge in [-0.3, -0.25) is 4.79 Å². The van der Waals surface area contributed by atoms with Crippen molar-refractivity contribution in [2.24, 2.45) is 4.99 Å². The number of hydrogen-bond donors (Lipinski definition) is 1. The minimum Gasteiger partial charge on any atom is -0.457 e. The molecular formula is C20H12BrFN2O2S. The molecule has 1 aliphatic heterocycles. The van der Waals surface area contributed by atoms with Gasteiger partial charge in [-0.05, 0) is 60.3 Å². The molecule has 1 aromatic heterocycles. The molecule has 2 aromatic carbocycles. The number of halogens is 2. The zero-order valence-corrected chi connectivity index (χ0v) is 16.2. The molecule has 0 aliphatic carbocycles. The molecule has 1 N–H and O–H groups in total. The molecule has 3 aromatic rings. The van der Waals surface area contributed by atoms with Gasteiger partial charge < -0.3 is 9.73 Å². The maximum absolute atomic E-state index is 13.0. The van der Waals surface area contributed by atoms with Crippen molar-refractivity contribution < 1.29 is 13.6 Å². The number of benzene rings is 2. The molecule has 27 heavy (non-hydrogen) atoms. The van der Waals surface area contributed by atoms with E-state index in [9.17, 15) is 9.18 Å². The van der Waals surface area contributed by atoms with E-state index >= 15 is 0 Å². The molecule has 0 atom stereocenters. The number of carbonyl (C=O) groups is 1. The first kappa shape index (κ1) is 17.8. The number of hydrogen-bond acceptors (Lipinski definition) is 4. The molecule has 0 radical (unpaired) electrons. The van der Waals surface area contributed by atoms with Crippen molar-refractivity contribution in [3.8, 4) is 11.3 Å². The lowest BCUT2D eigenvalue weighted by Crippen LogP contribution is -2.19. The van der Waals surface area contributed by atoms with Crippen LogP contribution in [-0.4, -0.2) is 11.1 Å². The highest BCUT2D eigenvalue weighted by Gasteiger charge is 2.24. The van der Waals surface area contributed by atoms with Crippen LogP contribution in [0.4, 0.5) is 10.1 Å². The number of aliphatic imine (C=N–C) groups is 1. The minimum atomic E-state index is -0.331. The number of nitrogens with one attached hydrogen (secondary N) is 1. The standard InChI is InChI=1S/C20H12BrFN2O2S/c21-13-3-1-12(2-4-13)17-10-9-16(26-17)11-18-19(25)24-20(27-18)23-15-7-5-14(22)6-8-15/h1-11H,(H,23,24,25). The highest BCUT2D eigenvalue weighted by Crippen LogP contribution is 2.30. The van der Waals surface area contributed by atoms with Crippen molar-refractivity contribution in [3.05, 3.63) is 81.6 Å². The first-order valence-corrected chi connectivity index (χ1v) is 9.59. The molecule has 4 rings (SSSR count). The minimum absolute atomic E-state index is 0.248. The van der Waals surface area contributed by atoms with Crippen molar-refractivity contribution in [2.45, 2.75) is 0 Å². The van der Waals surface area contributed by atoms with Crippen molar-refractivity contribution >= 4 is 50.5 Å². The van der Waals surface area contributed by atoms with E-state index in [0.717, 1.165) is 15.8 Å². The summed E-state index contributed by atoms with van der Waals surface area (Å²) in [6.07, 6.45) is 1.68. The molecule has 0 spiro atoms. The molecule has 1 saturated heterocycles.